The van der Waals surface area contributed by atoms with Gasteiger partial charge in [-0.05, 0) is 56.4 Å². The van der Waals surface area contributed by atoms with E-state index in [2.05, 4.69) is 25.3 Å². The Morgan fingerprint density at radius 3 is 2.71 bits per heavy atom. The molecule has 0 amide bonds. The number of anilines is 1. The molecule has 2 heterocycles. The molecule has 2 fully saturated rings. The number of benzene rings is 1. The van der Waals surface area contributed by atoms with E-state index in [1.165, 1.54) is 0 Å². The predicted molar refractivity (Wildman–Crippen MR) is 117 cm³/mol. The fourth-order valence-corrected chi connectivity index (χ4v) is 3.93. The van der Waals surface area contributed by atoms with Crippen molar-refractivity contribution in [1.29, 1.82) is 0 Å². The molecule has 2 saturated heterocycles. The van der Waals surface area contributed by atoms with Gasteiger partial charge in [0.15, 0.2) is 5.96 Å². The number of alkyl halides is 2. The van der Waals surface area contributed by atoms with Crippen LogP contribution in [0.3, 0.4) is 0 Å². The molecule has 0 aromatic heterocycles. The number of hydrogen-bond donors (Lipinski definition) is 2. The SMILES string of the molecule is CN=C(NCCCOC1CCOCC1)NC1CCCN(c2ccc(OC(F)F)cc2)C1. The van der Waals surface area contributed by atoms with E-state index in [4.69, 9.17) is 9.47 Å². The Kier molecular flexibility index (Phi) is 9.61. The van der Waals surface area contributed by atoms with Crippen molar-refractivity contribution < 1.29 is 23.0 Å². The van der Waals surface area contributed by atoms with E-state index in [1.807, 2.05) is 12.1 Å². The molecular weight excluding hydrogens is 406 g/mol. The van der Waals surface area contributed by atoms with Crippen molar-refractivity contribution in [3.05, 3.63) is 24.3 Å². The van der Waals surface area contributed by atoms with Gasteiger partial charge >= 0.3 is 6.61 Å². The Labute approximate surface area is 183 Å². The quantitative estimate of drug-likeness (QED) is 0.350. The van der Waals surface area contributed by atoms with Crippen LogP contribution >= 0.6 is 0 Å². The summed E-state index contributed by atoms with van der Waals surface area (Å²) in [6.07, 6.45) is 5.31. The monoisotopic (exact) mass is 440 g/mol. The second kappa shape index (κ2) is 12.7. The van der Waals surface area contributed by atoms with Crippen LogP contribution in [0.5, 0.6) is 5.75 Å². The number of rotatable bonds is 9. The van der Waals surface area contributed by atoms with Crippen LogP contribution in [0.25, 0.3) is 0 Å². The zero-order valence-electron chi connectivity index (χ0n) is 18.2. The second-order valence-corrected chi connectivity index (χ2v) is 7.84. The Morgan fingerprint density at radius 2 is 2.00 bits per heavy atom. The summed E-state index contributed by atoms with van der Waals surface area (Å²) in [5, 5.41) is 6.86. The third-order valence-electron chi connectivity index (χ3n) is 5.55. The number of guanidine groups is 1. The Hall–Kier alpha value is -2.13. The lowest BCUT2D eigenvalue weighted by atomic mass is 10.0. The first-order valence-corrected chi connectivity index (χ1v) is 11.1. The van der Waals surface area contributed by atoms with Crippen molar-refractivity contribution in [2.45, 2.75) is 50.9 Å². The summed E-state index contributed by atoms with van der Waals surface area (Å²) in [6.45, 7) is 2.08. The summed E-state index contributed by atoms with van der Waals surface area (Å²) in [5.41, 5.74) is 1.00. The minimum absolute atomic E-state index is 0.177. The first kappa shape index (κ1) is 23.5. The van der Waals surface area contributed by atoms with E-state index in [9.17, 15) is 8.78 Å². The van der Waals surface area contributed by atoms with Crippen molar-refractivity contribution in [3.63, 3.8) is 0 Å². The predicted octanol–water partition coefficient (Wildman–Crippen LogP) is 3.01. The van der Waals surface area contributed by atoms with E-state index >= 15 is 0 Å². The molecular formula is C22H34F2N4O3. The lowest BCUT2D eigenvalue weighted by molar-refractivity contribution is -0.0498. The molecule has 9 heteroatoms. The maximum absolute atomic E-state index is 12.3. The van der Waals surface area contributed by atoms with Crippen LogP contribution in [-0.2, 0) is 9.47 Å². The smallest absolute Gasteiger partial charge is 0.387 e. The third kappa shape index (κ3) is 8.14. The van der Waals surface area contributed by atoms with E-state index in [-0.39, 0.29) is 11.8 Å². The van der Waals surface area contributed by atoms with Crippen LogP contribution < -0.4 is 20.3 Å². The Morgan fingerprint density at radius 1 is 1.23 bits per heavy atom. The highest BCUT2D eigenvalue weighted by Gasteiger charge is 2.21. The Balaban J connectivity index is 1.37. The van der Waals surface area contributed by atoms with Crippen LogP contribution in [0.4, 0.5) is 14.5 Å². The maximum Gasteiger partial charge on any atom is 0.387 e. The van der Waals surface area contributed by atoms with Gasteiger partial charge in [0.2, 0.25) is 0 Å². The maximum atomic E-state index is 12.3. The van der Waals surface area contributed by atoms with Crippen LogP contribution in [0.1, 0.15) is 32.1 Å². The molecule has 0 spiro atoms. The van der Waals surface area contributed by atoms with E-state index in [0.29, 0.717) is 6.10 Å². The standard InChI is InChI=1S/C22H34F2N4O3/c1-25-22(26-11-3-13-30-19-9-14-29-15-10-19)27-17-4-2-12-28(16-17)18-5-7-20(8-6-18)31-21(23)24/h5-8,17,19,21H,2-4,9-16H2,1H3,(H2,25,26,27). The van der Waals surface area contributed by atoms with Gasteiger partial charge in [0.25, 0.3) is 0 Å². The van der Waals surface area contributed by atoms with Gasteiger partial charge in [0, 0.05) is 58.2 Å². The zero-order valence-corrected chi connectivity index (χ0v) is 18.2. The number of nitrogens with zero attached hydrogens (tertiary/aromatic N) is 2. The van der Waals surface area contributed by atoms with Gasteiger partial charge in [0.05, 0.1) is 6.10 Å². The highest BCUT2D eigenvalue weighted by atomic mass is 19.3. The van der Waals surface area contributed by atoms with Gasteiger partial charge in [-0.3, -0.25) is 4.99 Å². The molecule has 31 heavy (non-hydrogen) atoms. The molecule has 3 rings (SSSR count). The molecule has 7 nitrogen and oxygen atoms in total. The van der Waals surface area contributed by atoms with Gasteiger partial charge in [-0.15, -0.1) is 0 Å². The van der Waals surface area contributed by atoms with E-state index < -0.39 is 6.61 Å². The third-order valence-corrected chi connectivity index (χ3v) is 5.55. The van der Waals surface area contributed by atoms with E-state index in [1.54, 1.807) is 19.2 Å². The highest BCUT2D eigenvalue weighted by molar-refractivity contribution is 5.80. The highest BCUT2D eigenvalue weighted by Crippen LogP contribution is 2.23. The molecule has 2 N–H and O–H groups in total. The summed E-state index contributed by atoms with van der Waals surface area (Å²) in [4.78, 5) is 6.59. The van der Waals surface area contributed by atoms with Gasteiger partial charge in [0.1, 0.15) is 5.75 Å². The van der Waals surface area contributed by atoms with Crippen LogP contribution in [0, 0.1) is 0 Å². The molecule has 1 atom stereocenters. The molecule has 0 radical (unpaired) electrons. The topological polar surface area (TPSA) is 67.4 Å². The molecule has 2 aliphatic rings. The van der Waals surface area contributed by atoms with Crippen molar-refractivity contribution >= 4 is 11.6 Å². The van der Waals surface area contributed by atoms with Gasteiger partial charge < -0.3 is 29.7 Å². The van der Waals surface area contributed by atoms with Gasteiger partial charge in [-0.1, -0.05) is 0 Å². The number of aliphatic imine (C=N–C) groups is 1. The lowest BCUT2D eigenvalue weighted by Gasteiger charge is -2.35. The lowest BCUT2D eigenvalue weighted by Crippen LogP contribution is -2.51. The number of halogens is 2. The fraction of sp³-hybridized carbons (Fsp3) is 0.682. The van der Waals surface area contributed by atoms with Crippen molar-refractivity contribution in [2.75, 3.05) is 51.4 Å². The summed E-state index contributed by atoms with van der Waals surface area (Å²) in [6, 6.07) is 7.08. The number of hydrogen-bond acceptors (Lipinski definition) is 5. The second-order valence-electron chi connectivity index (χ2n) is 7.84. The zero-order chi connectivity index (χ0) is 21.9. The normalized spacial score (nSPS) is 20.7. The van der Waals surface area contributed by atoms with Crippen LogP contribution in [0.2, 0.25) is 0 Å². The average Bonchev–Trinajstić information content (AvgIpc) is 2.79. The van der Waals surface area contributed by atoms with Crippen LogP contribution in [-0.4, -0.2) is 71.2 Å². The summed E-state index contributed by atoms with van der Waals surface area (Å²) >= 11 is 0. The first-order chi connectivity index (χ1) is 15.1. The molecule has 1 unspecified atom stereocenters. The summed E-state index contributed by atoms with van der Waals surface area (Å²) in [5.74, 6) is 0.967. The largest absolute Gasteiger partial charge is 0.435 e. The molecule has 2 aliphatic heterocycles. The molecule has 0 bridgehead atoms. The number of ether oxygens (including phenoxy) is 3. The van der Waals surface area contributed by atoms with Gasteiger partial charge in [-0.25, -0.2) is 0 Å². The van der Waals surface area contributed by atoms with Crippen molar-refractivity contribution in [2.24, 2.45) is 4.99 Å². The number of nitrogens with one attached hydrogen (secondary N) is 2. The molecule has 174 valence electrons. The van der Waals surface area contributed by atoms with E-state index in [0.717, 1.165) is 83.2 Å². The molecule has 1 aromatic rings. The number of piperidine rings is 1. The minimum Gasteiger partial charge on any atom is -0.435 e. The summed E-state index contributed by atoms with van der Waals surface area (Å²) in [7, 11) is 1.77. The average molecular weight is 441 g/mol. The van der Waals surface area contributed by atoms with Crippen molar-refractivity contribution in [3.8, 4) is 5.75 Å². The first-order valence-electron chi connectivity index (χ1n) is 11.1. The van der Waals surface area contributed by atoms with Gasteiger partial charge in [-0.2, -0.15) is 8.78 Å². The van der Waals surface area contributed by atoms with Crippen molar-refractivity contribution in [1.82, 2.24) is 10.6 Å². The molecule has 0 saturated carbocycles. The van der Waals surface area contributed by atoms with Crippen LogP contribution in [0.15, 0.2) is 29.3 Å². The molecule has 1 aromatic carbocycles. The molecule has 0 aliphatic carbocycles. The fourth-order valence-electron chi connectivity index (χ4n) is 3.93. The Bertz CT molecular complexity index is 669. The summed E-state index contributed by atoms with van der Waals surface area (Å²) < 4.78 is 40.3. The minimum atomic E-state index is -2.80.